The van der Waals surface area contributed by atoms with Gasteiger partial charge in [-0.3, -0.25) is 0 Å². The molecule has 1 heterocycles. The van der Waals surface area contributed by atoms with E-state index in [9.17, 15) is 9.18 Å². The van der Waals surface area contributed by atoms with Gasteiger partial charge in [-0.05, 0) is 40.2 Å². The summed E-state index contributed by atoms with van der Waals surface area (Å²) in [4.78, 5) is 11.7. The van der Waals surface area contributed by atoms with Crippen LogP contribution >= 0.6 is 15.9 Å². The summed E-state index contributed by atoms with van der Waals surface area (Å²) in [5.74, 6) is -0.566. The standard InChI is InChI=1S/C18H12BrFN2O3/c19-14-7-3-2-6-13(14)18-22-21-16(25-18)11-24-17(23)10-9-12-5-1-4-8-15(12)20/h1-10H,11H2/b10-9+. The van der Waals surface area contributed by atoms with Crippen LogP contribution in [0.4, 0.5) is 4.39 Å². The van der Waals surface area contributed by atoms with Gasteiger partial charge < -0.3 is 9.15 Å². The molecule has 0 unspecified atom stereocenters. The lowest BCUT2D eigenvalue weighted by Crippen LogP contribution is -2.01. The van der Waals surface area contributed by atoms with Gasteiger partial charge in [0.1, 0.15) is 5.82 Å². The molecule has 3 rings (SSSR count). The van der Waals surface area contributed by atoms with Crippen molar-refractivity contribution >= 4 is 28.0 Å². The van der Waals surface area contributed by atoms with E-state index in [-0.39, 0.29) is 12.5 Å². The summed E-state index contributed by atoms with van der Waals surface area (Å²) in [6.07, 6.45) is 2.49. The summed E-state index contributed by atoms with van der Waals surface area (Å²) in [6.45, 7) is -0.169. The van der Waals surface area contributed by atoms with Crippen LogP contribution < -0.4 is 0 Å². The minimum atomic E-state index is -0.635. The molecule has 0 aliphatic heterocycles. The predicted octanol–water partition coefficient (Wildman–Crippen LogP) is 4.39. The molecule has 7 heteroatoms. The van der Waals surface area contributed by atoms with Crippen LogP contribution in [0.1, 0.15) is 11.5 Å². The van der Waals surface area contributed by atoms with Gasteiger partial charge in [0.05, 0.1) is 5.56 Å². The molecule has 1 aromatic heterocycles. The highest BCUT2D eigenvalue weighted by Crippen LogP contribution is 2.26. The van der Waals surface area contributed by atoms with Crippen molar-refractivity contribution in [2.24, 2.45) is 0 Å². The Labute approximate surface area is 151 Å². The molecule has 0 spiro atoms. The summed E-state index contributed by atoms with van der Waals surface area (Å²) < 4.78 is 24.7. The number of hydrogen-bond donors (Lipinski definition) is 0. The first-order chi connectivity index (χ1) is 12.1. The van der Waals surface area contributed by atoms with Crippen molar-refractivity contribution in [1.29, 1.82) is 0 Å². The molecule has 5 nitrogen and oxygen atoms in total. The number of benzene rings is 2. The second-order valence-corrected chi connectivity index (χ2v) is 5.80. The lowest BCUT2D eigenvalue weighted by Gasteiger charge is -1.99. The Kier molecular flexibility index (Phi) is 5.35. The maximum absolute atomic E-state index is 13.4. The van der Waals surface area contributed by atoms with Gasteiger partial charge in [-0.1, -0.05) is 30.3 Å². The van der Waals surface area contributed by atoms with E-state index in [0.717, 1.165) is 16.1 Å². The molecule has 126 valence electrons. The van der Waals surface area contributed by atoms with Crippen molar-refractivity contribution in [2.45, 2.75) is 6.61 Å². The number of hydrogen-bond acceptors (Lipinski definition) is 5. The molecule has 0 amide bonds. The van der Waals surface area contributed by atoms with Crippen LogP contribution in [-0.2, 0) is 16.1 Å². The normalized spacial score (nSPS) is 11.0. The van der Waals surface area contributed by atoms with E-state index >= 15 is 0 Å². The molecule has 0 fully saturated rings. The van der Waals surface area contributed by atoms with Gasteiger partial charge in [-0.2, -0.15) is 0 Å². The van der Waals surface area contributed by atoms with E-state index in [1.54, 1.807) is 18.2 Å². The van der Waals surface area contributed by atoms with Crippen LogP contribution in [0.5, 0.6) is 0 Å². The molecule has 0 bridgehead atoms. The average molecular weight is 403 g/mol. The second kappa shape index (κ2) is 7.85. The summed E-state index contributed by atoms with van der Waals surface area (Å²) in [5.41, 5.74) is 1.04. The van der Waals surface area contributed by atoms with Crippen LogP contribution in [0, 0.1) is 5.82 Å². The first-order valence-corrected chi connectivity index (χ1v) is 8.09. The third kappa shape index (κ3) is 4.39. The molecule has 0 atom stereocenters. The quantitative estimate of drug-likeness (QED) is 0.467. The molecule has 0 radical (unpaired) electrons. The zero-order valence-corrected chi connectivity index (χ0v) is 14.4. The molecule has 25 heavy (non-hydrogen) atoms. The smallest absolute Gasteiger partial charge is 0.331 e. The number of halogens is 2. The Morgan fingerprint density at radius 3 is 2.72 bits per heavy atom. The topological polar surface area (TPSA) is 65.2 Å². The fourth-order valence-electron chi connectivity index (χ4n) is 2.00. The first kappa shape index (κ1) is 17.0. The number of rotatable bonds is 5. The maximum atomic E-state index is 13.4. The first-order valence-electron chi connectivity index (χ1n) is 7.30. The summed E-state index contributed by atoms with van der Waals surface area (Å²) >= 11 is 3.40. The minimum absolute atomic E-state index is 0.165. The monoisotopic (exact) mass is 402 g/mol. The number of carbonyl (C=O) groups is 1. The molecule has 0 aliphatic rings. The van der Waals surface area contributed by atoms with Gasteiger partial charge in [-0.15, -0.1) is 10.2 Å². The van der Waals surface area contributed by atoms with E-state index in [1.807, 2.05) is 24.3 Å². The number of ether oxygens (including phenoxy) is 1. The zero-order valence-electron chi connectivity index (χ0n) is 12.9. The van der Waals surface area contributed by atoms with E-state index in [4.69, 9.17) is 9.15 Å². The molecule has 3 aromatic rings. The number of esters is 1. The van der Waals surface area contributed by atoms with Crippen LogP contribution in [-0.4, -0.2) is 16.2 Å². The van der Waals surface area contributed by atoms with Crippen molar-refractivity contribution in [3.8, 4) is 11.5 Å². The Bertz CT molecular complexity index is 924. The zero-order chi connectivity index (χ0) is 17.6. The highest BCUT2D eigenvalue weighted by molar-refractivity contribution is 9.10. The highest BCUT2D eigenvalue weighted by Gasteiger charge is 2.12. The van der Waals surface area contributed by atoms with Crippen LogP contribution in [0.15, 0.2) is 63.5 Å². The molecule has 0 N–H and O–H groups in total. The lowest BCUT2D eigenvalue weighted by molar-refractivity contribution is -0.139. The van der Waals surface area contributed by atoms with Gasteiger partial charge in [0.25, 0.3) is 5.89 Å². The van der Waals surface area contributed by atoms with Crippen molar-refractivity contribution < 1.29 is 18.3 Å². The van der Waals surface area contributed by atoms with Crippen molar-refractivity contribution in [2.75, 3.05) is 0 Å². The fraction of sp³-hybridized carbons (Fsp3) is 0.0556. The Morgan fingerprint density at radius 1 is 1.16 bits per heavy atom. The SMILES string of the molecule is O=C(/C=C/c1ccccc1F)OCc1nnc(-c2ccccc2Br)o1. The Balaban J connectivity index is 1.60. The lowest BCUT2D eigenvalue weighted by atomic mass is 10.2. The summed E-state index contributed by atoms with van der Waals surface area (Å²) in [6, 6.07) is 13.5. The summed E-state index contributed by atoms with van der Waals surface area (Å²) in [5, 5.41) is 7.76. The third-order valence-electron chi connectivity index (χ3n) is 3.21. The molecule has 0 saturated carbocycles. The third-order valence-corrected chi connectivity index (χ3v) is 3.90. The molecule has 2 aromatic carbocycles. The number of aromatic nitrogens is 2. The van der Waals surface area contributed by atoms with Crippen molar-refractivity contribution in [1.82, 2.24) is 10.2 Å². The van der Waals surface area contributed by atoms with E-state index in [0.29, 0.717) is 11.5 Å². The van der Waals surface area contributed by atoms with E-state index < -0.39 is 11.8 Å². The van der Waals surface area contributed by atoms with Crippen LogP contribution in [0.3, 0.4) is 0 Å². The maximum Gasteiger partial charge on any atom is 0.331 e. The minimum Gasteiger partial charge on any atom is -0.452 e. The average Bonchev–Trinajstić information content (AvgIpc) is 3.08. The predicted molar refractivity (Wildman–Crippen MR) is 92.7 cm³/mol. The van der Waals surface area contributed by atoms with Crippen LogP contribution in [0.25, 0.3) is 17.5 Å². The van der Waals surface area contributed by atoms with E-state index in [2.05, 4.69) is 26.1 Å². The summed E-state index contributed by atoms with van der Waals surface area (Å²) in [7, 11) is 0. The van der Waals surface area contributed by atoms with E-state index in [1.165, 1.54) is 12.1 Å². The Hall–Kier alpha value is -2.80. The van der Waals surface area contributed by atoms with Crippen molar-refractivity contribution in [3.05, 3.63) is 76.4 Å². The highest BCUT2D eigenvalue weighted by atomic mass is 79.9. The molecule has 0 aliphatic carbocycles. The van der Waals surface area contributed by atoms with Gasteiger partial charge in [-0.25, -0.2) is 9.18 Å². The number of carbonyl (C=O) groups excluding carboxylic acids is 1. The molecular weight excluding hydrogens is 391 g/mol. The fourth-order valence-corrected chi connectivity index (χ4v) is 2.46. The van der Waals surface area contributed by atoms with Gasteiger partial charge >= 0.3 is 5.97 Å². The number of nitrogens with zero attached hydrogens (tertiary/aromatic N) is 2. The van der Waals surface area contributed by atoms with Crippen LogP contribution in [0.2, 0.25) is 0 Å². The largest absolute Gasteiger partial charge is 0.452 e. The van der Waals surface area contributed by atoms with Gasteiger partial charge in [0.2, 0.25) is 5.89 Å². The van der Waals surface area contributed by atoms with Gasteiger partial charge in [0.15, 0.2) is 6.61 Å². The van der Waals surface area contributed by atoms with Gasteiger partial charge in [0, 0.05) is 16.1 Å². The molecular formula is C18H12BrFN2O3. The molecule has 0 saturated heterocycles. The Morgan fingerprint density at radius 2 is 1.92 bits per heavy atom. The second-order valence-electron chi connectivity index (χ2n) is 4.94. The van der Waals surface area contributed by atoms with Crippen molar-refractivity contribution in [3.63, 3.8) is 0 Å².